The van der Waals surface area contributed by atoms with Gasteiger partial charge in [0, 0.05) is 0 Å². The van der Waals surface area contributed by atoms with Crippen LogP contribution in [0.1, 0.15) is 38.2 Å². The van der Waals surface area contributed by atoms with Crippen LogP contribution in [-0.2, 0) is 6.18 Å². The molecule has 1 nitrogen and oxygen atoms in total. The maximum atomic E-state index is 12.5. The van der Waals surface area contributed by atoms with Gasteiger partial charge in [0.1, 0.15) is 5.75 Å². The van der Waals surface area contributed by atoms with Gasteiger partial charge in [-0.1, -0.05) is 31.6 Å². The van der Waals surface area contributed by atoms with Crippen LogP contribution in [0.3, 0.4) is 0 Å². The molecule has 1 aliphatic rings. The summed E-state index contributed by atoms with van der Waals surface area (Å²) in [6.07, 6.45) is 4.47. The molecule has 1 aromatic carbocycles. The molecule has 0 heterocycles. The number of hydrogen-bond donors (Lipinski definition) is 0. The molecule has 0 saturated heterocycles. The van der Waals surface area contributed by atoms with Gasteiger partial charge in [0.25, 0.3) is 0 Å². The zero-order chi connectivity index (χ0) is 15.3. The van der Waals surface area contributed by atoms with Gasteiger partial charge in [-0.15, -0.1) is 0 Å². The lowest BCUT2D eigenvalue weighted by Crippen LogP contribution is -2.05. The molecule has 0 spiro atoms. The van der Waals surface area contributed by atoms with E-state index in [2.05, 4.69) is 19.1 Å². The van der Waals surface area contributed by atoms with Crippen molar-refractivity contribution < 1.29 is 17.9 Å². The van der Waals surface area contributed by atoms with Gasteiger partial charge in [-0.2, -0.15) is 13.2 Å². The topological polar surface area (TPSA) is 9.23 Å². The molecule has 1 saturated carbocycles. The van der Waals surface area contributed by atoms with Crippen LogP contribution >= 0.6 is 0 Å². The Balaban J connectivity index is 1.75. The maximum Gasteiger partial charge on any atom is 0.416 e. The van der Waals surface area contributed by atoms with E-state index in [9.17, 15) is 13.2 Å². The molecule has 1 fully saturated rings. The number of halogens is 3. The summed E-state index contributed by atoms with van der Waals surface area (Å²) in [4.78, 5) is 0. The molecular weight excluding hydrogens is 277 g/mol. The third-order valence-corrected chi connectivity index (χ3v) is 3.86. The van der Waals surface area contributed by atoms with Crippen LogP contribution in [0.25, 0.3) is 0 Å². The molecule has 0 aromatic heterocycles. The summed E-state index contributed by atoms with van der Waals surface area (Å²) in [5, 5.41) is 0. The minimum Gasteiger partial charge on any atom is -0.493 e. The van der Waals surface area contributed by atoms with Crippen molar-refractivity contribution in [2.45, 2.75) is 38.8 Å². The fourth-order valence-corrected chi connectivity index (χ4v) is 2.72. The zero-order valence-corrected chi connectivity index (χ0v) is 12.2. The molecule has 1 aromatic rings. The lowest BCUT2D eigenvalue weighted by atomic mass is 10.1. The largest absolute Gasteiger partial charge is 0.493 e. The highest BCUT2D eigenvalue weighted by Gasteiger charge is 2.30. The van der Waals surface area contributed by atoms with Crippen molar-refractivity contribution in [1.29, 1.82) is 0 Å². The number of ether oxygens (including phenoxy) is 1. The average Bonchev–Trinajstić information content (AvgIpc) is 2.83. The van der Waals surface area contributed by atoms with E-state index in [1.807, 2.05) is 0 Å². The van der Waals surface area contributed by atoms with E-state index in [0.29, 0.717) is 12.5 Å². The predicted octanol–water partition coefficient (Wildman–Crippen LogP) is 5.47. The van der Waals surface area contributed by atoms with E-state index in [-0.39, 0.29) is 5.75 Å². The molecule has 1 aliphatic carbocycles. The fourth-order valence-electron chi connectivity index (χ4n) is 2.72. The highest BCUT2D eigenvalue weighted by Crippen LogP contribution is 2.32. The summed E-state index contributed by atoms with van der Waals surface area (Å²) in [5.74, 6) is 1.74. The smallest absolute Gasteiger partial charge is 0.416 e. The Labute approximate surface area is 123 Å². The van der Waals surface area contributed by atoms with Gasteiger partial charge in [0.2, 0.25) is 0 Å². The van der Waals surface area contributed by atoms with E-state index >= 15 is 0 Å². The molecule has 21 heavy (non-hydrogen) atoms. The monoisotopic (exact) mass is 298 g/mol. The number of allylic oxidation sites excluding steroid dienone is 1. The van der Waals surface area contributed by atoms with Gasteiger partial charge >= 0.3 is 6.18 Å². The average molecular weight is 298 g/mol. The van der Waals surface area contributed by atoms with Crippen LogP contribution < -0.4 is 4.74 Å². The minimum absolute atomic E-state index is 0.271. The molecule has 2 rings (SSSR count). The van der Waals surface area contributed by atoms with Gasteiger partial charge in [-0.3, -0.25) is 0 Å². The first-order valence-corrected chi connectivity index (χ1v) is 7.42. The van der Waals surface area contributed by atoms with Crippen molar-refractivity contribution in [2.24, 2.45) is 11.8 Å². The lowest BCUT2D eigenvalue weighted by molar-refractivity contribution is -0.137. The molecule has 0 bridgehead atoms. The zero-order valence-electron chi connectivity index (χ0n) is 12.2. The first-order chi connectivity index (χ1) is 9.95. The first kappa shape index (κ1) is 15.9. The summed E-state index contributed by atoms with van der Waals surface area (Å²) in [5.41, 5.74) is -0.671. The fraction of sp³-hybridized carbons (Fsp3) is 0.529. The summed E-state index contributed by atoms with van der Waals surface area (Å²) >= 11 is 0. The van der Waals surface area contributed by atoms with Crippen LogP contribution in [0, 0.1) is 11.8 Å². The van der Waals surface area contributed by atoms with Crippen LogP contribution in [0.4, 0.5) is 13.2 Å². The second-order valence-corrected chi connectivity index (χ2v) is 5.77. The summed E-state index contributed by atoms with van der Waals surface area (Å²) in [6, 6.07) is 5.02. The van der Waals surface area contributed by atoms with Gasteiger partial charge in [0.05, 0.1) is 12.2 Å². The van der Waals surface area contributed by atoms with Crippen LogP contribution in [-0.4, -0.2) is 6.61 Å². The summed E-state index contributed by atoms with van der Waals surface area (Å²) < 4.78 is 43.0. The van der Waals surface area contributed by atoms with Gasteiger partial charge in [0.15, 0.2) is 0 Å². The SMILES string of the molecule is CC1CCC(/C=C/CCOc2cccc(C(F)(F)F)c2)C1. The third-order valence-electron chi connectivity index (χ3n) is 3.86. The first-order valence-electron chi connectivity index (χ1n) is 7.42. The number of rotatable bonds is 5. The molecular formula is C17H21F3O. The van der Waals surface area contributed by atoms with Crippen LogP contribution in [0.2, 0.25) is 0 Å². The molecule has 0 radical (unpaired) electrons. The van der Waals surface area contributed by atoms with Gasteiger partial charge < -0.3 is 4.74 Å². The molecule has 4 heteroatoms. The molecule has 0 N–H and O–H groups in total. The van der Waals surface area contributed by atoms with Crippen molar-refractivity contribution in [2.75, 3.05) is 6.61 Å². The van der Waals surface area contributed by atoms with Crippen LogP contribution in [0.5, 0.6) is 5.75 Å². The normalized spacial score (nSPS) is 22.9. The Morgan fingerprint density at radius 1 is 1.29 bits per heavy atom. The highest BCUT2D eigenvalue weighted by atomic mass is 19.4. The quantitative estimate of drug-likeness (QED) is 0.517. The Kier molecular flexibility index (Phi) is 5.32. The Hall–Kier alpha value is -1.45. The number of alkyl halides is 3. The minimum atomic E-state index is -4.32. The van der Waals surface area contributed by atoms with Crippen molar-refractivity contribution in [3.63, 3.8) is 0 Å². The Morgan fingerprint density at radius 2 is 2.10 bits per heavy atom. The molecule has 2 unspecified atom stereocenters. The number of hydrogen-bond acceptors (Lipinski definition) is 1. The van der Waals surface area contributed by atoms with E-state index < -0.39 is 11.7 Å². The summed E-state index contributed by atoms with van der Waals surface area (Å²) in [7, 11) is 0. The third kappa shape index (κ3) is 5.10. The second-order valence-electron chi connectivity index (χ2n) is 5.77. The van der Waals surface area contributed by atoms with Gasteiger partial charge in [-0.25, -0.2) is 0 Å². The lowest BCUT2D eigenvalue weighted by Gasteiger charge is -2.09. The molecule has 0 amide bonds. The number of benzene rings is 1. The second kappa shape index (κ2) is 7.01. The molecule has 116 valence electrons. The van der Waals surface area contributed by atoms with E-state index in [4.69, 9.17) is 4.74 Å². The Bertz CT molecular complexity index is 479. The van der Waals surface area contributed by atoms with Crippen molar-refractivity contribution in [3.8, 4) is 5.75 Å². The van der Waals surface area contributed by atoms with Crippen molar-refractivity contribution >= 4 is 0 Å². The highest BCUT2D eigenvalue weighted by molar-refractivity contribution is 5.30. The van der Waals surface area contributed by atoms with E-state index in [1.165, 1.54) is 25.3 Å². The Morgan fingerprint density at radius 3 is 2.76 bits per heavy atom. The van der Waals surface area contributed by atoms with Crippen molar-refractivity contribution in [3.05, 3.63) is 42.0 Å². The predicted molar refractivity (Wildman–Crippen MR) is 77.2 cm³/mol. The summed E-state index contributed by atoms with van der Waals surface area (Å²) in [6.45, 7) is 2.67. The maximum absolute atomic E-state index is 12.5. The van der Waals surface area contributed by atoms with Crippen molar-refractivity contribution in [1.82, 2.24) is 0 Å². The standard InChI is InChI=1S/C17H21F3O/c1-13-8-9-14(11-13)5-2-3-10-21-16-7-4-6-15(12-16)17(18,19)20/h2,4-7,12-14H,3,8-11H2,1H3/b5-2+. The van der Waals surface area contributed by atoms with Crippen LogP contribution in [0.15, 0.2) is 36.4 Å². The van der Waals surface area contributed by atoms with E-state index in [0.717, 1.165) is 24.5 Å². The van der Waals surface area contributed by atoms with Gasteiger partial charge in [-0.05, 0) is 49.3 Å². The molecule has 0 aliphatic heterocycles. The van der Waals surface area contributed by atoms with E-state index in [1.54, 1.807) is 6.07 Å². The molecule has 2 atom stereocenters.